The minimum Gasteiger partial charge on any atom is -0.366 e. The molecule has 0 radical (unpaired) electrons. The average molecular weight is 281 g/mol. The molecule has 1 saturated heterocycles. The highest BCUT2D eigenvalue weighted by Crippen LogP contribution is 2.34. The van der Waals surface area contributed by atoms with E-state index in [1.165, 1.54) is 0 Å². The zero-order valence-electron chi connectivity index (χ0n) is 12.1. The lowest BCUT2D eigenvalue weighted by atomic mass is 9.89. The molecule has 0 amide bonds. The molecule has 6 heteroatoms. The minimum absolute atomic E-state index is 0.0698. The number of hydrogen-bond donors (Lipinski definition) is 1. The molecule has 1 aliphatic rings. The lowest BCUT2D eigenvalue weighted by Crippen LogP contribution is -2.50. The van der Waals surface area contributed by atoms with E-state index in [0.717, 1.165) is 32.0 Å². The van der Waals surface area contributed by atoms with E-state index >= 15 is 0 Å². The third kappa shape index (κ3) is 2.75. The molecule has 5 nitrogen and oxygen atoms in total. The van der Waals surface area contributed by atoms with Gasteiger partial charge in [-0.1, -0.05) is 0 Å². The number of aryl methyl sites for hydroxylation is 1. The first-order chi connectivity index (χ1) is 9.36. The maximum Gasteiger partial charge on any atom is 0.295 e. The number of nitrogens with one attached hydrogen (secondary N) is 1. The van der Waals surface area contributed by atoms with Gasteiger partial charge >= 0.3 is 0 Å². The lowest BCUT2D eigenvalue weighted by molar-refractivity contribution is -0.384. The van der Waals surface area contributed by atoms with Crippen LogP contribution in [0, 0.1) is 22.9 Å². The molecular formula is C14H20FN3O2. The van der Waals surface area contributed by atoms with Gasteiger partial charge in [-0.15, -0.1) is 0 Å². The molecule has 1 N–H and O–H groups in total. The van der Waals surface area contributed by atoms with Crippen molar-refractivity contribution in [1.29, 1.82) is 0 Å². The third-order valence-electron chi connectivity index (χ3n) is 4.26. The summed E-state index contributed by atoms with van der Waals surface area (Å²) in [5, 5.41) is 14.4. The van der Waals surface area contributed by atoms with Gasteiger partial charge in [0.1, 0.15) is 11.5 Å². The Labute approximate surface area is 117 Å². The highest BCUT2D eigenvalue weighted by molar-refractivity contribution is 5.65. The zero-order chi connectivity index (χ0) is 14.9. The Balaban J connectivity index is 2.30. The van der Waals surface area contributed by atoms with E-state index in [0.29, 0.717) is 11.3 Å². The molecule has 0 aromatic heterocycles. The van der Waals surface area contributed by atoms with Gasteiger partial charge in [0.2, 0.25) is 0 Å². The Bertz CT molecular complexity index is 525. The molecule has 0 aliphatic carbocycles. The number of nitro groups is 1. The number of piperidine rings is 1. The van der Waals surface area contributed by atoms with Gasteiger partial charge in [-0.2, -0.15) is 0 Å². The Morgan fingerprint density at radius 1 is 1.40 bits per heavy atom. The van der Waals surface area contributed by atoms with Crippen molar-refractivity contribution in [3.05, 3.63) is 33.6 Å². The van der Waals surface area contributed by atoms with Crippen molar-refractivity contribution in [2.24, 2.45) is 0 Å². The fourth-order valence-electron chi connectivity index (χ4n) is 2.55. The Hall–Kier alpha value is -1.69. The number of nitro benzene ring substituents is 1. The number of anilines is 1. The van der Waals surface area contributed by atoms with Crippen LogP contribution in [0.4, 0.5) is 15.8 Å². The smallest absolute Gasteiger partial charge is 0.295 e. The zero-order valence-corrected chi connectivity index (χ0v) is 12.1. The molecule has 0 saturated carbocycles. The first-order valence-corrected chi connectivity index (χ1v) is 6.75. The van der Waals surface area contributed by atoms with E-state index in [4.69, 9.17) is 0 Å². The minimum atomic E-state index is -0.530. The first kappa shape index (κ1) is 14.7. The van der Waals surface area contributed by atoms with Crippen LogP contribution in [0.1, 0.15) is 25.3 Å². The number of benzene rings is 1. The first-order valence-electron chi connectivity index (χ1n) is 6.75. The molecule has 0 bridgehead atoms. The summed E-state index contributed by atoms with van der Waals surface area (Å²) in [6, 6.07) is 2.60. The molecule has 1 aromatic carbocycles. The molecule has 1 heterocycles. The molecule has 2 rings (SSSR count). The molecule has 0 atom stereocenters. The molecule has 0 spiro atoms. The summed E-state index contributed by atoms with van der Waals surface area (Å²) in [6.45, 7) is 5.23. The summed E-state index contributed by atoms with van der Waals surface area (Å²) in [4.78, 5) is 12.6. The highest BCUT2D eigenvalue weighted by atomic mass is 19.1. The average Bonchev–Trinajstić information content (AvgIpc) is 2.42. The summed E-state index contributed by atoms with van der Waals surface area (Å²) in [5.41, 5.74) is 0.876. The number of nitrogens with zero attached hydrogens (tertiary/aromatic N) is 2. The topological polar surface area (TPSA) is 58.4 Å². The van der Waals surface area contributed by atoms with Crippen molar-refractivity contribution in [2.75, 3.05) is 25.0 Å². The quantitative estimate of drug-likeness (QED) is 0.683. The highest BCUT2D eigenvalue weighted by Gasteiger charge is 2.31. The monoisotopic (exact) mass is 281 g/mol. The van der Waals surface area contributed by atoms with Crippen LogP contribution >= 0.6 is 0 Å². The number of halogens is 1. The van der Waals surface area contributed by atoms with E-state index in [2.05, 4.69) is 12.2 Å². The molecule has 110 valence electrons. The summed E-state index contributed by atoms with van der Waals surface area (Å²) in [6.07, 6.45) is 1.80. The predicted octanol–water partition coefficient (Wildman–Crippen LogP) is 2.62. The van der Waals surface area contributed by atoms with Crippen molar-refractivity contribution in [1.82, 2.24) is 5.32 Å². The second-order valence-electron chi connectivity index (χ2n) is 5.64. The maximum absolute atomic E-state index is 13.5. The standard InChI is InChI=1S/C14H20FN3O2/c1-10-8-12(13(18(19)20)9-11(10)15)17-6-4-14(2,16-3)5-7-17/h8-9,16H,4-7H2,1-3H3. The molecule has 20 heavy (non-hydrogen) atoms. The summed E-state index contributed by atoms with van der Waals surface area (Å²) in [7, 11) is 1.93. The van der Waals surface area contributed by atoms with Crippen LogP contribution in [-0.2, 0) is 0 Å². The summed E-state index contributed by atoms with van der Waals surface area (Å²) >= 11 is 0. The van der Waals surface area contributed by atoms with Gasteiger partial charge in [0.25, 0.3) is 5.69 Å². The van der Waals surface area contributed by atoms with Crippen LogP contribution < -0.4 is 10.2 Å². The molecular weight excluding hydrogens is 261 g/mol. The number of rotatable bonds is 3. The Kier molecular flexibility index (Phi) is 3.94. The van der Waals surface area contributed by atoms with E-state index in [-0.39, 0.29) is 11.2 Å². The molecule has 0 unspecified atom stereocenters. The van der Waals surface area contributed by atoms with Gasteiger partial charge in [-0.3, -0.25) is 10.1 Å². The van der Waals surface area contributed by atoms with Crippen LogP contribution in [-0.4, -0.2) is 30.6 Å². The number of hydrogen-bond acceptors (Lipinski definition) is 4. The molecule has 1 aromatic rings. The van der Waals surface area contributed by atoms with Crippen LogP contribution in [0.3, 0.4) is 0 Å². The van der Waals surface area contributed by atoms with Gasteiger partial charge in [0.05, 0.1) is 11.0 Å². The van der Waals surface area contributed by atoms with Crippen LogP contribution in [0.2, 0.25) is 0 Å². The van der Waals surface area contributed by atoms with Gasteiger partial charge in [-0.05, 0) is 45.4 Å². The fraction of sp³-hybridized carbons (Fsp3) is 0.571. The van der Waals surface area contributed by atoms with Crippen LogP contribution in [0.25, 0.3) is 0 Å². The fourth-order valence-corrected chi connectivity index (χ4v) is 2.55. The normalized spacial score (nSPS) is 18.1. The van der Waals surface area contributed by atoms with Gasteiger partial charge in [0.15, 0.2) is 0 Å². The van der Waals surface area contributed by atoms with Gasteiger partial charge in [-0.25, -0.2) is 4.39 Å². The largest absolute Gasteiger partial charge is 0.366 e. The SMILES string of the molecule is CNC1(C)CCN(c2cc(C)c(F)cc2[N+](=O)[O-])CC1. The second kappa shape index (κ2) is 5.36. The summed E-state index contributed by atoms with van der Waals surface area (Å²) < 4.78 is 13.5. The van der Waals surface area contributed by atoms with E-state index in [9.17, 15) is 14.5 Å². The van der Waals surface area contributed by atoms with E-state index in [1.807, 2.05) is 11.9 Å². The van der Waals surface area contributed by atoms with Crippen LogP contribution in [0.5, 0.6) is 0 Å². The maximum atomic E-state index is 13.5. The van der Waals surface area contributed by atoms with Crippen molar-refractivity contribution in [3.63, 3.8) is 0 Å². The third-order valence-corrected chi connectivity index (χ3v) is 4.26. The summed E-state index contributed by atoms with van der Waals surface area (Å²) in [5.74, 6) is -0.530. The van der Waals surface area contributed by atoms with Crippen molar-refractivity contribution in [3.8, 4) is 0 Å². The molecule has 1 aliphatic heterocycles. The predicted molar refractivity (Wildman–Crippen MR) is 76.7 cm³/mol. The van der Waals surface area contributed by atoms with Crippen molar-refractivity contribution in [2.45, 2.75) is 32.2 Å². The second-order valence-corrected chi connectivity index (χ2v) is 5.64. The van der Waals surface area contributed by atoms with Gasteiger partial charge in [0, 0.05) is 18.6 Å². The lowest BCUT2D eigenvalue weighted by Gasteiger charge is -2.40. The van der Waals surface area contributed by atoms with E-state index < -0.39 is 10.7 Å². The van der Waals surface area contributed by atoms with Crippen molar-refractivity contribution >= 4 is 11.4 Å². The van der Waals surface area contributed by atoms with Gasteiger partial charge < -0.3 is 10.2 Å². The van der Waals surface area contributed by atoms with Crippen LogP contribution in [0.15, 0.2) is 12.1 Å². The van der Waals surface area contributed by atoms with Crippen molar-refractivity contribution < 1.29 is 9.31 Å². The van der Waals surface area contributed by atoms with E-state index in [1.54, 1.807) is 13.0 Å². The Morgan fingerprint density at radius 3 is 2.50 bits per heavy atom. The molecule has 1 fully saturated rings. The Morgan fingerprint density at radius 2 is 2.00 bits per heavy atom.